The highest BCUT2D eigenvalue weighted by atomic mass is 32.1. The summed E-state index contributed by atoms with van der Waals surface area (Å²) in [7, 11) is 5.79. The Balaban J connectivity index is 1.13. The van der Waals surface area contributed by atoms with Crippen molar-refractivity contribution in [2.24, 2.45) is 9.98 Å². The highest BCUT2D eigenvalue weighted by molar-refractivity contribution is 7.16. The lowest BCUT2D eigenvalue weighted by molar-refractivity contribution is -0.390. The molecule has 0 fully saturated rings. The monoisotopic (exact) mass is 971 g/mol. The molecule has 0 radical (unpaired) electrons. The fourth-order valence-corrected chi connectivity index (χ4v) is 7.65. The Hall–Kier alpha value is -9.36. The maximum Gasteiger partial charge on any atom is 0.411 e. The van der Waals surface area contributed by atoms with E-state index in [1.807, 2.05) is 0 Å². The normalized spacial score (nSPS) is 10.5. The number of amides is 2. The predicted octanol–water partition coefficient (Wildman–Crippen LogP) is 10.3. The Bertz CT molecular complexity index is 2900. The number of methoxy groups -OCH3 is 4. The van der Waals surface area contributed by atoms with Gasteiger partial charge in [0.1, 0.15) is 58.5 Å². The third-order valence-corrected chi connectivity index (χ3v) is 11.3. The number of anilines is 3. The Morgan fingerprint density at radius 3 is 1.47 bits per heavy atom. The van der Waals surface area contributed by atoms with Gasteiger partial charge in [-0.05, 0) is 94.6 Å². The molecule has 6 rings (SSSR count). The van der Waals surface area contributed by atoms with E-state index in [-0.39, 0.29) is 41.9 Å². The highest BCUT2D eigenvalue weighted by Gasteiger charge is 2.23. The molecular weight excluding hydrogens is 931 g/mol. The quantitative estimate of drug-likeness (QED) is 0.0294. The molecule has 1 heterocycles. The molecule has 0 atom stereocenters. The Morgan fingerprint density at radius 1 is 0.614 bits per heavy atom. The van der Waals surface area contributed by atoms with E-state index in [2.05, 4.69) is 20.6 Å². The summed E-state index contributed by atoms with van der Waals surface area (Å²) in [4.78, 5) is 78.4. The van der Waals surface area contributed by atoms with Crippen LogP contribution in [0.25, 0.3) is 34.4 Å². The summed E-state index contributed by atoms with van der Waals surface area (Å²) in [5.74, 6) is 1.37. The van der Waals surface area contributed by atoms with Crippen LogP contribution in [0, 0.1) is 20.2 Å². The van der Waals surface area contributed by atoms with Gasteiger partial charge in [-0.25, -0.2) is 19.2 Å². The summed E-state index contributed by atoms with van der Waals surface area (Å²) in [6, 6.07) is 28.1. The first-order valence-corrected chi connectivity index (χ1v) is 21.4. The van der Waals surface area contributed by atoms with E-state index < -0.39 is 22.0 Å². The van der Waals surface area contributed by atoms with Crippen molar-refractivity contribution < 1.29 is 57.4 Å². The number of ether oxygens (including phenoxy) is 6. The summed E-state index contributed by atoms with van der Waals surface area (Å²) in [6.07, 6.45) is 4.42. The van der Waals surface area contributed by atoms with Gasteiger partial charge < -0.3 is 33.3 Å². The van der Waals surface area contributed by atoms with Crippen molar-refractivity contribution in [2.45, 2.75) is 0 Å². The van der Waals surface area contributed by atoms with E-state index in [1.54, 1.807) is 108 Å². The average Bonchev–Trinajstić information content (AvgIpc) is 3.81. The van der Waals surface area contributed by atoms with Crippen LogP contribution in [0.15, 0.2) is 113 Å². The molecule has 70 heavy (non-hydrogen) atoms. The molecule has 0 spiro atoms. The number of isocyanates is 2. The molecule has 0 unspecified atom stereocenters. The smallest absolute Gasteiger partial charge is 0.411 e. The molecule has 2 N–H and O–H groups in total. The van der Waals surface area contributed by atoms with Gasteiger partial charge >= 0.3 is 17.2 Å². The number of benzene rings is 5. The Labute approximate surface area is 402 Å². The lowest BCUT2D eigenvalue weighted by atomic mass is 10.0. The van der Waals surface area contributed by atoms with Crippen LogP contribution in [-0.2, 0) is 19.1 Å². The second-order valence-corrected chi connectivity index (χ2v) is 15.4. The second kappa shape index (κ2) is 23.9. The molecule has 1 aromatic heterocycles. The first kappa shape index (κ1) is 50.1. The fraction of sp³-hybridized carbons (Fsp3) is 0.167. The van der Waals surface area contributed by atoms with Crippen molar-refractivity contribution >= 4 is 87.0 Å². The van der Waals surface area contributed by atoms with Crippen LogP contribution < -0.4 is 34.5 Å². The molecule has 0 saturated heterocycles. The van der Waals surface area contributed by atoms with Crippen molar-refractivity contribution in [3.8, 4) is 45.3 Å². The Morgan fingerprint density at radius 2 is 1.06 bits per heavy atom. The van der Waals surface area contributed by atoms with E-state index in [0.717, 1.165) is 17.2 Å². The summed E-state index contributed by atoms with van der Waals surface area (Å²) >= 11 is 0.679. The maximum absolute atomic E-state index is 13.1. The van der Waals surface area contributed by atoms with Crippen molar-refractivity contribution in [3.63, 3.8) is 0 Å². The lowest BCUT2D eigenvalue weighted by Crippen LogP contribution is -2.33. The second-order valence-electron chi connectivity index (χ2n) is 14.3. The van der Waals surface area contributed by atoms with E-state index in [4.69, 9.17) is 28.4 Å². The van der Waals surface area contributed by atoms with Gasteiger partial charge in [-0.1, -0.05) is 53.8 Å². The minimum absolute atomic E-state index is 0.103. The first-order chi connectivity index (χ1) is 33.9. The molecule has 2 amide bonds. The van der Waals surface area contributed by atoms with Crippen molar-refractivity contribution in [3.05, 3.63) is 134 Å². The minimum Gasteiger partial charge on any atom is -0.495 e. The standard InChI is InChI=1S/C48H41N7O14S/c1-64-41-23-31(8-14-36(41)49-28-56)33-10-16-38(43(25-33)66-3)51-47(58)68-21-19-53(35-12-5-30(6-13-35)7-18-45-40(54(60)61)27-46(70-45)55(62)63)20-22-69-48(59)52-39-17-11-34(26-44(39)67-4)32-9-15-37(50-29-57)42(24-32)65-2/h5-18,23-27H,19-22H2,1-4H3,(H,51,58)(H,52,59)/b18-7+. The molecule has 6 aromatic rings. The van der Waals surface area contributed by atoms with Gasteiger partial charge in [0, 0.05) is 5.69 Å². The van der Waals surface area contributed by atoms with Crippen molar-refractivity contribution in [1.82, 2.24) is 0 Å². The highest BCUT2D eigenvalue weighted by Crippen LogP contribution is 2.39. The number of rotatable bonds is 21. The van der Waals surface area contributed by atoms with Crippen LogP contribution in [0.5, 0.6) is 23.0 Å². The third kappa shape index (κ3) is 12.7. The molecule has 5 aromatic carbocycles. The van der Waals surface area contributed by atoms with Crippen LogP contribution in [0.3, 0.4) is 0 Å². The summed E-state index contributed by atoms with van der Waals surface area (Å²) in [5, 5.41) is 27.8. The molecule has 358 valence electrons. The zero-order valence-electron chi connectivity index (χ0n) is 37.7. The van der Waals surface area contributed by atoms with Gasteiger partial charge in [-0.3, -0.25) is 30.9 Å². The minimum atomic E-state index is -0.786. The molecular formula is C48H41N7O14S. The number of carbonyl (C=O) groups is 2. The maximum atomic E-state index is 13.1. The number of hydrogen-bond acceptors (Lipinski definition) is 18. The van der Waals surface area contributed by atoms with E-state index in [9.17, 15) is 39.4 Å². The number of nitrogens with one attached hydrogen (secondary N) is 2. The average molecular weight is 972 g/mol. The summed E-state index contributed by atoms with van der Waals surface area (Å²) < 4.78 is 32.9. The van der Waals surface area contributed by atoms with Gasteiger partial charge in [-0.2, -0.15) is 9.98 Å². The van der Waals surface area contributed by atoms with Crippen LogP contribution in [-0.4, -0.2) is 88.9 Å². The SMILES string of the molecule is COc1cc(-c2ccc(NC(=O)OCCN(CCOC(=O)Nc3ccc(-c4ccc(N=C=O)c(OC)c4)cc3OC)c3ccc(/C=C/c4sc([N+](=O)[O-])cc4[N+](=O)[O-])cc3)c(OC)c2)ccc1N=C=O. The number of thiophene rings is 1. The predicted molar refractivity (Wildman–Crippen MR) is 261 cm³/mol. The number of hydrogen-bond donors (Lipinski definition) is 2. The van der Waals surface area contributed by atoms with Crippen molar-refractivity contribution in [2.75, 3.05) is 70.3 Å². The van der Waals surface area contributed by atoms with Gasteiger partial charge in [0.25, 0.3) is 5.69 Å². The number of nitrogens with zero attached hydrogens (tertiary/aromatic N) is 5. The van der Waals surface area contributed by atoms with Crippen LogP contribution in [0.2, 0.25) is 0 Å². The zero-order valence-corrected chi connectivity index (χ0v) is 38.5. The molecule has 0 saturated carbocycles. The van der Waals surface area contributed by atoms with Gasteiger partial charge in [0.2, 0.25) is 12.2 Å². The molecule has 0 aliphatic carbocycles. The topological polar surface area (TPSA) is 262 Å². The first-order valence-electron chi connectivity index (χ1n) is 20.6. The molecule has 0 aliphatic rings. The molecule has 22 heteroatoms. The fourth-order valence-electron chi connectivity index (χ4n) is 6.81. The van der Waals surface area contributed by atoms with Gasteiger partial charge in [0.05, 0.1) is 62.8 Å². The van der Waals surface area contributed by atoms with Crippen LogP contribution in [0.4, 0.5) is 48.7 Å². The molecule has 0 aliphatic heterocycles. The molecule has 0 bridgehead atoms. The Kier molecular flexibility index (Phi) is 17.1. The van der Waals surface area contributed by atoms with Crippen LogP contribution in [0.1, 0.15) is 10.4 Å². The van der Waals surface area contributed by atoms with Gasteiger partial charge in [-0.15, -0.1) is 0 Å². The van der Waals surface area contributed by atoms with Crippen LogP contribution >= 0.6 is 11.3 Å². The van der Waals surface area contributed by atoms with E-state index in [1.165, 1.54) is 46.7 Å². The van der Waals surface area contributed by atoms with E-state index in [0.29, 0.717) is 79.5 Å². The summed E-state index contributed by atoms with van der Waals surface area (Å²) in [5.41, 5.74) is 4.99. The number of carbonyl (C=O) groups excluding carboxylic acids is 4. The summed E-state index contributed by atoms with van der Waals surface area (Å²) in [6.45, 7) is 0.00398. The number of nitro groups is 2. The number of aliphatic imine (C=N–C) groups is 2. The van der Waals surface area contributed by atoms with Gasteiger partial charge in [0.15, 0.2) is 0 Å². The zero-order chi connectivity index (χ0) is 50.2. The van der Waals surface area contributed by atoms with Crippen molar-refractivity contribution in [1.29, 1.82) is 0 Å². The molecule has 21 nitrogen and oxygen atoms in total. The lowest BCUT2D eigenvalue weighted by Gasteiger charge is -2.25. The largest absolute Gasteiger partial charge is 0.495 e. The van der Waals surface area contributed by atoms with E-state index >= 15 is 0 Å². The third-order valence-electron chi connectivity index (χ3n) is 10.2.